The van der Waals surface area contributed by atoms with Crippen molar-refractivity contribution in [1.82, 2.24) is 5.32 Å². The van der Waals surface area contributed by atoms with E-state index < -0.39 is 0 Å². The van der Waals surface area contributed by atoms with E-state index >= 15 is 0 Å². The SMILES string of the molecule is c1ccc(OCCOCC2CC2)c(CNC2CC2)c1. The Kier molecular flexibility index (Phi) is 4.36. The van der Waals surface area contributed by atoms with Crippen molar-refractivity contribution in [2.45, 2.75) is 38.3 Å². The molecular weight excluding hydrogens is 238 g/mol. The molecule has 3 rings (SSSR count). The molecule has 0 radical (unpaired) electrons. The van der Waals surface area contributed by atoms with Gasteiger partial charge in [0.25, 0.3) is 0 Å². The van der Waals surface area contributed by atoms with Gasteiger partial charge in [0.2, 0.25) is 0 Å². The minimum absolute atomic E-state index is 0.646. The summed E-state index contributed by atoms with van der Waals surface area (Å²) in [5.74, 6) is 1.82. The van der Waals surface area contributed by atoms with Gasteiger partial charge in [0.15, 0.2) is 0 Å². The monoisotopic (exact) mass is 261 g/mol. The Labute approximate surface area is 115 Å². The highest BCUT2D eigenvalue weighted by molar-refractivity contribution is 5.33. The van der Waals surface area contributed by atoms with Crippen LogP contribution in [0, 0.1) is 5.92 Å². The van der Waals surface area contributed by atoms with Crippen molar-refractivity contribution in [3.63, 3.8) is 0 Å². The Morgan fingerprint density at radius 3 is 2.68 bits per heavy atom. The standard InChI is InChI=1S/C16H23NO2/c1-2-4-16(14(3-1)11-17-15-7-8-15)19-10-9-18-12-13-5-6-13/h1-4,13,15,17H,5-12H2. The lowest BCUT2D eigenvalue weighted by atomic mass is 10.2. The average molecular weight is 261 g/mol. The van der Waals surface area contributed by atoms with Gasteiger partial charge in [0.1, 0.15) is 12.4 Å². The van der Waals surface area contributed by atoms with Crippen molar-refractivity contribution in [2.24, 2.45) is 5.92 Å². The van der Waals surface area contributed by atoms with Crippen molar-refractivity contribution in [3.8, 4) is 5.75 Å². The van der Waals surface area contributed by atoms with Crippen molar-refractivity contribution in [3.05, 3.63) is 29.8 Å². The first-order valence-corrected chi connectivity index (χ1v) is 7.43. The van der Waals surface area contributed by atoms with Crippen LogP contribution in [0.15, 0.2) is 24.3 Å². The van der Waals surface area contributed by atoms with Gasteiger partial charge in [-0.05, 0) is 37.7 Å². The molecule has 2 aliphatic rings. The largest absolute Gasteiger partial charge is 0.491 e. The minimum Gasteiger partial charge on any atom is -0.491 e. The van der Waals surface area contributed by atoms with Crippen molar-refractivity contribution in [2.75, 3.05) is 19.8 Å². The average Bonchev–Trinajstić information content (AvgIpc) is 3.31. The summed E-state index contributed by atoms with van der Waals surface area (Å²) in [4.78, 5) is 0. The van der Waals surface area contributed by atoms with Crippen LogP contribution in [0.25, 0.3) is 0 Å². The van der Waals surface area contributed by atoms with Crippen LogP contribution in [0.5, 0.6) is 5.75 Å². The highest BCUT2D eigenvalue weighted by Crippen LogP contribution is 2.28. The third-order valence-corrected chi connectivity index (χ3v) is 3.67. The van der Waals surface area contributed by atoms with Crippen LogP contribution in [0.1, 0.15) is 31.2 Å². The van der Waals surface area contributed by atoms with Crippen LogP contribution in [0.2, 0.25) is 0 Å². The van der Waals surface area contributed by atoms with E-state index in [2.05, 4.69) is 17.4 Å². The predicted octanol–water partition coefficient (Wildman–Crippen LogP) is 2.74. The second kappa shape index (κ2) is 6.40. The number of hydrogen-bond donors (Lipinski definition) is 1. The van der Waals surface area contributed by atoms with Gasteiger partial charge in [-0.25, -0.2) is 0 Å². The summed E-state index contributed by atoms with van der Waals surface area (Å²) in [6, 6.07) is 9.01. The van der Waals surface area contributed by atoms with Crippen LogP contribution < -0.4 is 10.1 Å². The molecule has 3 nitrogen and oxygen atoms in total. The molecule has 1 aromatic carbocycles. The Morgan fingerprint density at radius 2 is 1.89 bits per heavy atom. The van der Waals surface area contributed by atoms with Crippen molar-refractivity contribution >= 4 is 0 Å². The fraction of sp³-hybridized carbons (Fsp3) is 0.625. The van der Waals surface area contributed by atoms with E-state index in [4.69, 9.17) is 9.47 Å². The normalized spacial score (nSPS) is 18.5. The molecule has 2 aliphatic carbocycles. The number of nitrogens with one attached hydrogen (secondary N) is 1. The number of ether oxygens (including phenoxy) is 2. The zero-order valence-corrected chi connectivity index (χ0v) is 11.4. The van der Waals surface area contributed by atoms with Crippen LogP contribution in [0.3, 0.4) is 0 Å². The quantitative estimate of drug-likeness (QED) is 0.693. The van der Waals surface area contributed by atoms with E-state index in [9.17, 15) is 0 Å². The second-order valence-electron chi connectivity index (χ2n) is 5.63. The number of para-hydroxylation sites is 1. The van der Waals surface area contributed by atoms with Gasteiger partial charge < -0.3 is 14.8 Å². The smallest absolute Gasteiger partial charge is 0.123 e. The van der Waals surface area contributed by atoms with E-state index in [1.165, 1.54) is 31.2 Å². The molecule has 2 fully saturated rings. The van der Waals surface area contributed by atoms with E-state index in [1.54, 1.807) is 0 Å². The summed E-state index contributed by atoms with van der Waals surface area (Å²) in [7, 11) is 0. The molecular formula is C16H23NO2. The molecule has 104 valence electrons. The fourth-order valence-electron chi connectivity index (χ4n) is 2.08. The summed E-state index contributed by atoms with van der Waals surface area (Å²) < 4.78 is 11.4. The van der Waals surface area contributed by atoms with Crippen LogP contribution >= 0.6 is 0 Å². The Bertz CT molecular complexity index is 399. The molecule has 0 spiro atoms. The first kappa shape index (κ1) is 12.9. The molecule has 0 aromatic heterocycles. The summed E-state index contributed by atoms with van der Waals surface area (Å²) in [6.45, 7) is 3.16. The maximum absolute atomic E-state index is 5.83. The predicted molar refractivity (Wildman–Crippen MR) is 75.3 cm³/mol. The maximum Gasteiger partial charge on any atom is 0.123 e. The lowest BCUT2D eigenvalue weighted by Gasteiger charge is -2.12. The molecule has 0 amide bonds. The van der Waals surface area contributed by atoms with Gasteiger partial charge in [-0.1, -0.05) is 18.2 Å². The highest BCUT2D eigenvalue weighted by Gasteiger charge is 2.21. The van der Waals surface area contributed by atoms with Gasteiger partial charge in [0, 0.05) is 24.8 Å². The van der Waals surface area contributed by atoms with Crippen LogP contribution in [-0.2, 0) is 11.3 Å². The van der Waals surface area contributed by atoms with E-state index in [0.717, 1.165) is 30.9 Å². The first-order chi connectivity index (χ1) is 9.42. The van der Waals surface area contributed by atoms with E-state index in [-0.39, 0.29) is 0 Å². The third kappa shape index (κ3) is 4.51. The third-order valence-electron chi connectivity index (χ3n) is 3.67. The zero-order chi connectivity index (χ0) is 12.9. The molecule has 1 aromatic rings. The van der Waals surface area contributed by atoms with Gasteiger partial charge in [0.05, 0.1) is 6.61 Å². The maximum atomic E-state index is 5.83. The topological polar surface area (TPSA) is 30.5 Å². The zero-order valence-electron chi connectivity index (χ0n) is 11.4. The minimum atomic E-state index is 0.646. The fourth-order valence-corrected chi connectivity index (χ4v) is 2.08. The molecule has 1 N–H and O–H groups in total. The summed E-state index contributed by atoms with van der Waals surface area (Å²) in [5.41, 5.74) is 1.25. The van der Waals surface area contributed by atoms with E-state index in [0.29, 0.717) is 13.2 Å². The molecule has 3 heteroatoms. The molecule has 0 heterocycles. The van der Waals surface area contributed by atoms with Gasteiger partial charge in [-0.3, -0.25) is 0 Å². The molecule has 0 saturated heterocycles. The Balaban J connectivity index is 1.39. The lowest BCUT2D eigenvalue weighted by Crippen LogP contribution is -2.16. The van der Waals surface area contributed by atoms with Crippen LogP contribution in [0.4, 0.5) is 0 Å². The Hall–Kier alpha value is -1.06. The van der Waals surface area contributed by atoms with E-state index in [1.807, 2.05) is 12.1 Å². The molecule has 19 heavy (non-hydrogen) atoms. The highest BCUT2D eigenvalue weighted by atomic mass is 16.5. The van der Waals surface area contributed by atoms with Crippen molar-refractivity contribution < 1.29 is 9.47 Å². The first-order valence-electron chi connectivity index (χ1n) is 7.43. The van der Waals surface area contributed by atoms with Gasteiger partial charge in [-0.2, -0.15) is 0 Å². The lowest BCUT2D eigenvalue weighted by molar-refractivity contribution is 0.0924. The van der Waals surface area contributed by atoms with Gasteiger partial charge >= 0.3 is 0 Å². The summed E-state index contributed by atoms with van der Waals surface area (Å²) in [5, 5.41) is 3.53. The summed E-state index contributed by atoms with van der Waals surface area (Å²) >= 11 is 0. The number of benzene rings is 1. The second-order valence-corrected chi connectivity index (χ2v) is 5.63. The molecule has 0 bridgehead atoms. The van der Waals surface area contributed by atoms with Crippen LogP contribution in [-0.4, -0.2) is 25.9 Å². The van der Waals surface area contributed by atoms with Gasteiger partial charge in [-0.15, -0.1) is 0 Å². The Morgan fingerprint density at radius 1 is 1.05 bits per heavy atom. The molecule has 0 unspecified atom stereocenters. The molecule has 2 saturated carbocycles. The number of hydrogen-bond acceptors (Lipinski definition) is 3. The van der Waals surface area contributed by atoms with Crippen molar-refractivity contribution in [1.29, 1.82) is 0 Å². The summed E-state index contributed by atoms with van der Waals surface area (Å²) in [6.07, 6.45) is 5.32. The number of rotatable bonds is 9. The molecule has 0 atom stereocenters. The molecule has 0 aliphatic heterocycles.